The van der Waals surface area contributed by atoms with Crippen molar-refractivity contribution in [2.75, 3.05) is 32.1 Å². The molecule has 38 heavy (non-hydrogen) atoms. The Bertz CT molecular complexity index is 1310. The molecule has 1 aliphatic rings. The molecule has 10 heteroatoms. The second-order valence-electron chi connectivity index (χ2n) is 10.1. The van der Waals surface area contributed by atoms with Gasteiger partial charge in [0.05, 0.1) is 18.8 Å². The zero-order valence-electron chi connectivity index (χ0n) is 22.4. The third-order valence-electron chi connectivity index (χ3n) is 6.33. The zero-order valence-corrected chi connectivity index (χ0v) is 23.3. The minimum Gasteiger partial charge on any atom is -0.487 e. The van der Waals surface area contributed by atoms with Crippen molar-refractivity contribution < 1.29 is 27.4 Å². The highest BCUT2D eigenvalue weighted by atomic mass is 32.2. The number of aliphatic hydroxyl groups is 1. The lowest BCUT2D eigenvalue weighted by Crippen LogP contribution is -2.50. The van der Waals surface area contributed by atoms with Crippen LogP contribution in [0, 0.1) is 29.5 Å². The molecule has 2 aromatic rings. The summed E-state index contributed by atoms with van der Waals surface area (Å²) in [4.78, 5) is 14.2. The molecule has 206 valence electrons. The maximum Gasteiger partial charge on any atom is 0.321 e. The van der Waals surface area contributed by atoms with Crippen molar-refractivity contribution in [1.82, 2.24) is 9.21 Å². The van der Waals surface area contributed by atoms with Crippen molar-refractivity contribution in [3.8, 4) is 17.6 Å². The normalized spacial score (nSPS) is 19.7. The topological polar surface area (TPSA) is 99.2 Å². The Kier molecular flexibility index (Phi) is 9.77. The lowest BCUT2D eigenvalue weighted by atomic mass is 10.0. The second-order valence-corrected chi connectivity index (χ2v) is 12.0. The van der Waals surface area contributed by atoms with Gasteiger partial charge in [-0.1, -0.05) is 44.7 Å². The first kappa shape index (κ1) is 29.4. The first-order chi connectivity index (χ1) is 17.9. The van der Waals surface area contributed by atoms with Gasteiger partial charge in [-0.2, -0.15) is 4.31 Å². The van der Waals surface area contributed by atoms with E-state index in [1.165, 1.54) is 33.5 Å². The molecule has 2 aromatic carbocycles. The summed E-state index contributed by atoms with van der Waals surface area (Å²) < 4.78 is 48.8. The monoisotopic (exact) mass is 545 g/mol. The molecule has 0 saturated carbocycles. The van der Waals surface area contributed by atoms with Crippen LogP contribution in [0.3, 0.4) is 0 Å². The molecule has 0 spiro atoms. The molecule has 0 unspecified atom stereocenters. The molecule has 2 N–H and O–H groups in total. The van der Waals surface area contributed by atoms with E-state index in [-0.39, 0.29) is 41.9 Å². The molecule has 3 rings (SSSR count). The van der Waals surface area contributed by atoms with Gasteiger partial charge >= 0.3 is 6.03 Å². The summed E-state index contributed by atoms with van der Waals surface area (Å²) in [6.45, 7) is 7.42. The molecular formula is C28H36FN3O5S. The van der Waals surface area contributed by atoms with Gasteiger partial charge in [0.2, 0.25) is 10.0 Å². The summed E-state index contributed by atoms with van der Waals surface area (Å²) >= 11 is 0. The van der Waals surface area contributed by atoms with Crippen LogP contribution in [-0.4, -0.2) is 67.7 Å². The van der Waals surface area contributed by atoms with E-state index < -0.39 is 34.0 Å². The van der Waals surface area contributed by atoms with Crippen LogP contribution in [0.4, 0.5) is 14.9 Å². The van der Waals surface area contributed by atoms with Gasteiger partial charge in [-0.05, 0) is 43.2 Å². The molecule has 0 aromatic heterocycles. The number of halogens is 1. The Morgan fingerprint density at radius 1 is 1.26 bits per heavy atom. The number of ether oxygens (including phenoxy) is 1. The van der Waals surface area contributed by atoms with Crippen LogP contribution in [0.25, 0.3) is 0 Å². The number of carbonyl (C=O) groups excluding carboxylic acids is 1. The predicted octanol–water partition coefficient (Wildman–Crippen LogP) is 4.16. The van der Waals surface area contributed by atoms with Gasteiger partial charge in [-0.25, -0.2) is 17.6 Å². The summed E-state index contributed by atoms with van der Waals surface area (Å²) in [5, 5.41) is 12.4. The largest absolute Gasteiger partial charge is 0.487 e. The molecule has 0 aliphatic carbocycles. The number of aliphatic hydroxyl groups excluding tert-OH is 1. The van der Waals surface area contributed by atoms with Crippen LogP contribution in [0.15, 0.2) is 47.4 Å². The SMILES string of the molecule is CC(C)CC#Cc1ccc2c(c1)O[C@H](CN(C)C(=O)Nc1ccccc1F)[C@@H](C)CN([C@H](C)CO)S2(=O)=O. The van der Waals surface area contributed by atoms with E-state index in [1.54, 1.807) is 32.2 Å². The minimum atomic E-state index is -3.99. The van der Waals surface area contributed by atoms with Crippen LogP contribution in [0.5, 0.6) is 5.75 Å². The molecule has 3 atom stereocenters. The van der Waals surface area contributed by atoms with Crippen molar-refractivity contribution in [2.24, 2.45) is 11.8 Å². The smallest absolute Gasteiger partial charge is 0.321 e. The number of benzene rings is 2. The van der Waals surface area contributed by atoms with Crippen molar-refractivity contribution in [1.29, 1.82) is 0 Å². The Labute approximate surface area is 224 Å². The third-order valence-corrected chi connectivity index (χ3v) is 8.35. The lowest BCUT2D eigenvalue weighted by Gasteiger charge is -2.37. The number of nitrogens with zero attached hydrogens (tertiary/aromatic N) is 2. The van der Waals surface area contributed by atoms with Crippen LogP contribution in [-0.2, 0) is 10.0 Å². The molecule has 2 amide bonds. The zero-order chi connectivity index (χ0) is 28.0. The third kappa shape index (κ3) is 7.04. The number of sulfonamides is 1. The number of nitrogens with one attached hydrogen (secondary N) is 1. The van der Waals surface area contributed by atoms with Crippen LogP contribution in [0.2, 0.25) is 0 Å². The average molecular weight is 546 g/mol. The van der Waals surface area contributed by atoms with E-state index in [4.69, 9.17) is 4.74 Å². The highest BCUT2D eigenvalue weighted by Gasteiger charge is 2.38. The van der Waals surface area contributed by atoms with Gasteiger partial charge in [-0.15, -0.1) is 0 Å². The minimum absolute atomic E-state index is 0.0254. The molecule has 1 heterocycles. The number of rotatable bonds is 6. The van der Waals surface area contributed by atoms with Crippen LogP contribution in [0.1, 0.15) is 39.7 Å². The number of hydrogen-bond donors (Lipinski definition) is 2. The average Bonchev–Trinajstić information content (AvgIpc) is 2.86. The summed E-state index contributed by atoms with van der Waals surface area (Å²) in [5.74, 6) is 5.79. The highest BCUT2D eigenvalue weighted by Crippen LogP contribution is 2.34. The van der Waals surface area contributed by atoms with E-state index in [2.05, 4.69) is 31.0 Å². The lowest BCUT2D eigenvalue weighted by molar-refractivity contribution is 0.0830. The number of hydrogen-bond acceptors (Lipinski definition) is 5. The highest BCUT2D eigenvalue weighted by molar-refractivity contribution is 7.89. The first-order valence-corrected chi connectivity index (χ1v) is 14.1. The van der Waals surface area contributed by atoms with Gasteiger partial charge in [0.1, 0.15) is 22.6 Å². The Hall–Kier alpha value is -3.13. The van der Waals surface area contributed by atoms with E-state index in [0.717, 1.165) is 0 Å². The van der Waals surface area contributed by atoms with Crippen LogP contribution >= 0.6 is 0 Å². The fourth-order valence-electron chi connectivity index (χ4n) is 4.00. The molecule has 8 nitrogen and oxygen atoms in total. The molecular weight excluding hydrogens is 509 g/mol. The molecule has 0 fully saturated rings. The van der Waals surface area contributed by atoms with Crippen molar-refractivity contribution in [3.63, 3.8) is 0 Å². The summed E-state index contributed by atoms with van der Waals surface area (Å²) in [7, 11) is -2.43. The standard InChI is InChI=1S/C28H36FN3O5S/c1-19(2)9-8-10-22-13-14-27-25(15-22)37-26(20(3)16-32(21(4)18-33)38(27,35)36)17-31(5)28(34)30-24-12-7-6-11-23(24)29/h6-7,11-15,19-21,26,33H,9,16-18H2,1-5H3,(H,30,34)/t20-,21+,26+/m0/s1. The fraction of sp³-hybridized carbons (Fsp3) is 0.464. The van der Waals surface area contributed by atoms with Crippen molar-refractivity contribution >= 4 is 21.7 Å². The summed E-state index contributed by atoms with van der Waals surface area (Å²) in [6, 6.07) is 9.40. The Balaban J connectivity index is 1.95. The molecule has 0 radical (unpaired) electrons. The number of likely N-dealkylation sites (N-methyl/N-ethyl adjacent to an activating group) is 1. The van der Waals surface area contributed by atoms with Gasteiger partial charge in [0, 0.05) is 37.5 Å². The van der Waals surface area contributed by atoms with Crippen molar-refractivity contribution in [3.05, 3.63) is 53.8 Å². The number of carbonyl (C=O) groups is 1. The quantitative estimate of drug-likeness (QED) is 0.532. The number of para-hydroxylation sites is 1. The first-order valence-electron chi connectivity index (χ1n) is 12.6. The Morgan fingerprint density at radius 2 is 1.97 bits per heavy atom. The van der Waals surface area contributed by atoms with Gasteiger partial charge in [0.15, 0.2) is 0 Å². The molecule has 0 saturated heterocycles. The molecule has 1 aliphatic heterocycles. The number of anilines is 1. The number of urea groups is 1. The van der Waals surface area contributed by atoms with E-state index in [9.17, 15) is 22.7 Å². The van der Waals surface area contributed by atoms with Crippen LogP contribution < -0.4 is 10.1 Å². The Morgan fingerprint density at radius 3 is 2.63 bits per heavy atom. The van der Waals surface area contributed by atoms with Gasteiger partial charge in [-0.3, -0.25) is 0 Å². The number of amides is 2. The van der Waals surface area contributed by atoms with E-state index in [0.29, 0.717) is 17.9 Å². The van der Waals surface area contributed by atoms with Crippen molar-refractivity contribution in [2.45, 2.75) is 51.2 Å². The molecule has 0 bridgehead atoms. The maximum absolute atomic E-state index is 14.0. The summed E-state index contributed by atoms with van der Waals surface area (Å²) in [6.07, 6.45) is 0.0902. The second kappa shape index (κ2) is 12.6. The predicted molar refractivity (Wildman–Crippen MR) is 145 cm³/mol. The fourth-order valence-corrected chi connectivity index (χ4v) is 5.83. The van der Waals surface area contributed by atoms with Gasteiger partial charge in [0.25, 0.3) is 0 Å². The number of fused-ring (bicyclic) bond motifs is 1. The van der Waals surface area contributed by atoms with E-state index >= 15 is 0 Å². The van der Waals surface area contributed by atoms with Gasteiger partial charge < -0.3 is 20.1 Å². The maximum atomic E-state index is 14.0. The summed E-state index contributed by atoms with van der Waals surface area (Å²) in [5.41, 5.74) is 0.666. The van der Waals surface area contributed by atoms with E-state index in [1.807, 2.05) is 6.92 Å².